The molecule has 0 spiro atoms. The molecule has 24 heavy (non-hydrogen) atoms. The summed E-state index contributed by atoms with van der Waals surface area (Å²) in [6, 6.07) is 18.4. The number of nitrogens with zero attached hydrogens (tertiary/aromatic N) is 1. The van der Waals surface area contributed by atoms with E-state index >= 15 is 0 Å². The van der Waals surface area contributed by atoms with Gasteiger partial charge in [0.2, 0.25) is 0 Å². The second-order valence-corrected chi connectivity index (χ2v) is 6.72. The quantitative estimate of drug-likeness (QED) is 0.714. The molecule has 1 saturated heterocycles. The Kier molecular flexibility index (Phi) is 6.55. The third kappa shape index (κ3) is 5.24. The number of ether oxygens (including phenoxy) is 3. The van der Waals surface area contributed by atoms with Crippen LogP contribution in [0, 0.1) is 0 Å². The van der Waals surface area contributed by atoms with Crippen molar-refractivity contribution in [2.24, 2.45) is 0 Å². The second-order valence-electron chi connectivity index (χ2n) is 5.71. The SMILES string of the molecule is COc1ccc(CN2CC(COCc3ccccc3)OCS2)cc1. The van der Waals surface area contributed by atoms with Crippen LogP contribution in [0.5, 0.6) is 5.75 Å². The lowest BCUT2D eigenvalue weighted by Gasteiger charge is -2.31. The highest BCUT2D eigenvalue weighted by Gasteiger charge is 2.21. The summed E-state index contributed by atoms with van der Waals surface area (Å²) in [6.07, 6.45) is 0.119. The molecular weight excluding hydrogens is 322 g/mol. The molecule has 0 aromatic heterocycles. The first-order valence-corrected chi connectivity index (χ1v) is 9.02. The lowest BCUT2D eigenvalue weighted by atomic mass is 10.2. The van der Waals surface area contributed by atoms with Crippen molar-refractivity contribution in [1.29, 1.82) is 0 Å². The van der Waals surface area contributed by atoms with Crippen molar-refractivity contribution in [2.75, 3.05) is 26.2 Å². The Morgan fingerprint density at radius 3 is 2.62 bits per heavy atom. The largest absolute Gasteiger partial charge is 0.497 e. The molecule has 2 aromatic carbocycles. The highest BCUT2D eigenvalue weighted by molar-refractivity contribution is 7.96. The molecular formula is C19H23NO3S. The molecule has 5 heteroatoms. The molecule has 0 saturated carbocycles. The molecule has 3 rings (SSSR count). The summed E-state index contributed by atoms with van der Waals surface area (Å²) >= 11 is 1.73. The van der Waals surface area contributed by atoms with Gasteiger partial charge in [0.25, 0.3) is 0 Å². The van der Waals surface area contributed by atoms with Crippen LogP contribution in [0.3, 0.4) is 0 Å². The molecule has 0 radical (unpaired) electrons. The molecule has 0 N–H and O–H groups in total. The number of rotatable bonds is 7. The van der Waals surface area contributed by atoms with Crippen molar-refractivity contribution in [3.63, 3.8) is 0 Å². The van der Waals surface area contributed by atoms with Gasteiger partial charge in [-0.05, 0) is 35.2 Å². The molecule has 1 atom stereocenters. The van der Waals surface area contributed by atoms with Gasteiger partial charge in [0.1, 0.15) is 11.7 Å². The second kappa shape index (κ2) is 9.08. The van der Waals surface area contributed by atoms with Crippen molar-refractivity contribution in [3.05, 3.63) is 65.7 Å². The molecule has 0 amide bonds. The van der Waals surface area contributed by atoms with Crippen LogP contribution < -0.4 is 4.74 Å². The monoisotopic (exact) mass is 345 g/mol. The summed E-state index contributed by atoms with van der Waals surface area (Å²) < 4.78 is 19.1. The van der Waals surface area contributed by atoms with Crippen LogP contribution in [-0.4, -0.2) is 36.6 Å². The van der Waals surface area contributed by atoms with Gasteiger partial charge in [0.05, 0.1) is 26.4 Å². The molecule has 2 aromatic rings. The van der Waals surface area contributed by atoms with E-state index in [1.807, 2.05) is 30.3 Å². The summed E-state index contributed by atoms with van der Waals surface area (Å²) in [4.78, 5) is 0. The zero-order valence-corrected chi connectivity index (χ0v) is 14.7. The van der Waals surface area contributed by atoms with Gasteiger partial charge in [-0.1, -0.05) is 42.5 Å². The summed E-state index contributed by atoms with van der Waals surface area (Å²) in [5.74, 6) is 1.57. The lowest BCUT2D eigenvalue weighted by Crippen LogP contribution is -2.37. The van der Waals surface area contributed by atoms with Crippen molar-refractivity contribution >= 4 is 11.9 Å². The van der Waals surface area contributed by atoms with Crippen LogP contribution >= 0.6 is 11.9 Å². The molecule has 1 aliphatic heterocycles. The number of hydrogen-bond donors (Lipinski definition) is 0. The first-order valence-electron chi connectivity index (χ1n) is 8.07. The fraction of sp³-hybridized carbons (Fsp3) is 0.368. The van der Waals surface area contributed by atoms with Crippen molar-refractivity contribution in [2.45, 2.75) is 19.3 Å². The smallest absolute Gasteiger partial charge is 0.118 e. The predicted molar refractivity (Wildman–Crippen MR) is 96.8 cm³/mol. The van der Waals surface area contributed by atoms with E-state index in [4.69, 9.17) is 14.2 Å². The first kappa shape index (κ1) is 17.3. The van der Waals surface area contributed by atoms with E-state index in [0.717, 1.165) is 18.8 Å². The van der Waals surface area contributed by atoms with E-state index in [1.54, 1.807) is 19.1 Å². The number of benzene rings is 2. The highest BCUT2D eigenvalue weighted by atomic mass is 32.2. The zero-order valence-electron chi connectivity index (χ0n) is 13.9. The van der Waals surface area contributed by atoms with Crippen LogP contribution in [0.4, 0.5) is 0 Å². The maximum Gasteiger partial charge on any atom is 0.118 e. The summed E-state index contributed by atoms with van der Waals surface area (Å²) in [7, 11) is 1.69. The minimum absolute atomic E-state index is 0.119. The Morgan fingerprint density at radius 2 is 1.88 bits per heavy atom. The fourth-order valence-corrected chi connectivity index (χ4v) is 3.48. The van der Waals surface area contributed by atoms with E-state index in [0.29, 0.717) is 19.2 Å². The van der Waals surface area contributed by atoms with E-state index < -0.39 is 0 Å². The minimum Gasteiger partial charge on any atom is -0.497 e. The van der Waals surface area contributed by atoms with Crippen LogP contribution in [0.15, 0.2) is 54.6 Å². The van der Waals surface area contributed by atoms with E-state index in [9.17, 15) is 0 Å². The van der Waals surface area contributed by atoms with Crippen molar-refractivity contribution in [3.8, 4) is 5.75 Å². The predicted octanol–water partition coefficient (Wildman–Crippen LogP) is 3.72. The maximum atomic E-state index is 5.81. The van der Waals surface area contributed by atoms with Gasteiger partial charge >= 0.3 is 0 Å². The molecule has 1 unspecified atom stereocenters. The summed E-state index contributed by atoms with van der Waals surface area (Å²) in [5.41, 5.74) is 2.46. The van der Waals surface area contributed by atoms with Gasteiger partial charge in [0.15, 0.2) is 0 Å². The minimum atomic E-state index is 0.119. The Labute approximate surface area is 147 Å². The van der Waals surface area contributed by atoms with Crippen LogP contribution in [0.1, 0.15) is 11.1 Å². The van der Waals surface area contributed by atoms with E-state index in [-0.39, 0.29) is 6.10 Å². The first-order chi connectivity index (χ1) is 11.8. The van der Waals surface area contributed by atoms with Crippen LogP contribution in [-0.2, 0) is 22.6 Å². The van der Waals surface area contributed by atoms with Crippen LogP contribution in [0.2, 0.25) is 0 Å². The standard InChI is InChI=1S/C19H23NO3S/c1-21-18-9-7-16(8-10-18)11-20-12-19(23-15-24-20)14-22-13-17-5-3-2-4-6-17/h2-10,19H,11-15H2,1H3. The summed E-state index contributed by atoms with van der Waals surface area (Å²) in [5, 5.41) is 0. The van der Waals surface area contributed by atoms with Crippen molar-refractivity contribution < 1.29 is 14.2 Å². The average Bonchev–Trinajstić information content (AvgIpc) is 2.64. The van der Waals surface area contributed by atoms with Gasteiger partial charge in [-0.15, -0.1) is 0 Å². The third-order valence-electron chi connectivity index (χ3n) is 3.88. The Balaban J connectivity index is 1.43. The molecule has 1 heterocycles. The zero-order chi connectivity index (χ0) is 16.6. The lowest BCUT2D eigenvalue weighted by molar-refractivity contribution is -0.0199. The molecule has 128 valence electrons. The van der Waals surface area contributed by atoms with Crippen molar-refractivity contribution in [1.82, 2.24) is 4.31 Å². The maximum absolute atomic E-state index is 5.81. The van der Waals surface area contributed by atoms with Gasteiger partial charge in [0, 0.05) is 13.1 Å². The van der Waals surface area contributed by atoms with Gasteiger partial charge in [-0.25, -0.2) is 4.31 Å². The normalized spacial score (nSPS) is 18.5. The Hall–Kier alpha value is -1.53. The summed E-state index contributed by atoms with van der Waals surface area (Å²) in [6.45, 7) is 3.01. The van der Waals surface area contributed by atoms with Gasteiger partial charge < -0.3 is 14.2 Å². The van der Waals surface area contributed by atoms with E-state index in [1.165, 1.54) is 11.1 Å². The molecule has 1 fully saturated rings. The Morgan fingerprint density at radius 1 is 1.08 bits per heavy atom. The molecule has 4 nitrogen and oxygen atoms in total. The molecule has 0 bridgehead atoms. The van der Waals surface area contributed by atoms with Gasteiger partial charge in [-0.2, -0.15) is 0 Å². The number of methoxy groups -OCH3 is 1. The van der Waals surface area contributed by atoms with Crippen LogP contribution in [0.25, 0.3) is 0 Å². The Bertz CT molecular complexity index is 606. The number of hydrogen-bond acceptors (Lipinski definition) is 5. The third-order valence-corrected chi connectivity index (χ3v) is 4.76. The average molecular weight is 345 g/mol. The molecule has 0 aliphatic carbocycles. The fourth-order valence-electron chi connectivity index (χ4n) is 2.56. The van der Waals surface area contributed by atoms with Gasteiger partial charge in [-0.3, -0.25) is 0 Å². The highest BCUT2D eigenvalue weighted by Crippen LogP contribution is 2.23. The topological polar surface area (TPSA) is 30.9 Å². The van der Waals surface area contributed by atoms with E-state index in [2.05, 4.69) is 28.6 Å². The molecule has 1 aliphatic rings.